The quantitative estimate of drug-likeness (QED) is 0.475. The molecule has 0 saturated carbocycles. The van der Waals surface area contributed by atoms with Gasteiger partial charge in [0.2, 0.25) is 0 Å². The minimum absolute atomic E-state index is 0. The summed E-state index contributed by atoms with van der Waals surface area (Å²) in [6.07, 6.45) is 4.22. The first kappa shape index (κ1) is 10.8. The second kappa shape index (κ2) is 6.88. The molecule has 1 aliphatic rings. The fourth-order valence-electron chi connectivity index (χ4n) is 0.802. The third kappa shape index (κ3) is 4.05. The fraction of sp³-hybridized carbons (Fsp3) is 1.00. The predicted molar refractivity (Wildman–Crippen MR) is 35.4 cm³/mol. The maximum atomic E-state index is 3.28. The molecule has 0 bridgehead atoms. The van der Waals surface area contributed by atoms with Gasteiger partial charge >= 0.3 is 0 Å². The van der Waals surface area contributed by atoms with Gasteiger partial charge in [0.25, 0.3) is 0 Å². The van der Waals surface area contributed by atoms with Crippen LogP contribution in [0.4, 0.5) is 0 Å². The van der Waals surface area contributed by atoms with Crippen LogP contribution in [0.25, 0.3) is 0 Å². The highest BCUT2D eigenvalue weighted by atomic mass is 16.0. The van der Waals surface area contributed by atoms with Crippen molar-refractivity contribution in [2.75, 3.05) is 13.1 Å². The van der Waals surface area contributed by atoms with E-state index in [4.69, 9.17) is 0 Å². The lowest BCUT2D eigenvalue weighted by molar-refractivity contribution is 0.520. The summed E-state index contributed by atoms with van der Waals surface area (Å²) in [5.41, 5.74) is 0. The Morgan fingerprint density at radius 3 is 1.50 bits per heavy atom. The molecule has 0 atom stereocenters. The second-order valence-electron chi connectivity index (χ2n) is 1.81. The number of hydrogen-bond acceptors (Lipinski definition) is 2. The molecule has 1 heterocycles. The molecular weight excluding hydrogens is 104 g/mol. The van der Waals surface area contributed by atoms with E-state index < -0.39 is 0 Å². The average molecular weight is 120 g/mol. The molecule has 3 nitrogen and oxygen atoms in total. The highest BCUT2D eigenvalue weighted by molar-refractivity contribution is 4.55. The second-order valence-corrected chi connectivity index (χ2v) is 1.81. The van der Waals surface area contributed by atoms with Gasteiger partial charge in [-0.3, -0.25) is 0 Å². The van der Waals surface area contributed by atoms with Crippen LogP contribution in [0.2, 0.25) is 0 Å². The van der Waals surface area contributed by atoms with Crippen molar-refractivity contribution in [3.8, 4) is 0 Å². The van der Waals surface area contributed by atoms with E-state index in [1.54, 1.807) is 0 Å². The van der Waals surface area contributed by atoms with Crippen molar-refractivity contribution in [1.29, 1.82) is 0 Å². The molecule has 6 N–H and O–H groups in total. The number of hydrogen-bond donors (Lipinski definition) is 2. The van der Waals surface area contributed by atoms with E-state index in [2.05, 4.69) is 5.32 Å². The van der Waals surface area contributed by atoms with E-state index in [0.717, 1.165) is 0 Å². The maximum absolute atomic E-state index is 3.28. The van der Waals surface area contributed by atoms with Gasteiger partial charge in [-0.2, -0.15) is 0 Å². The van der Waals surface area contributed by atoms with E-state index in [1.165, 1.54) is 32.4 Å². The van der Waals surface area contributed by atoms with Crippen molar-refractivity contribution >= 4 is 0 Å². The first-order valence-electron chi connectivity index (χ1n) is 2.71. The molecule has 0 aromatic heterocycles. The van der Waals surface area contributed by atoms with Crippen LogP contribution in [0, 0.1) is 0 Å². The van der Waals surface area contributed by atoms with E-state index in [0.29, 0.717) is 0 Å². The number of piperidine rings is 1. The third-order valence-corrected chi connectivity index (χ3v) is 1.21. The first-order valence-corrected chi connectivity index (χ1v) is 2.71. The predicted octanol–water partition coefficient (Wildman–Crippen LogP) is 0.0972. The molecule has 8 heavy (non-hydrogen) atoms. The number of nitrogens with one attached hydrogen (secondary N) is 1. The van der Waals surface area contributed by atoms with Gasteiger partial charge in [0.1, 0.15) is 0 Å². The minimum Gasteiger partial charge on any atom is -0.412 e. The SMILES string of the molecule is C1CCNCC1.N.O. The van der Waals surface area contributed by atoms with Gasteiger partial charge in [0.05, 0.1) is 0 Å². The van der Waals surface area contributed by atoms with E-state index in [9.17, 15) is 0 Å². The van der Waals surface area contributed by atoms with Crippen molar-refractivity contribution in [3.05, 3.63) is 0 Å². The smallest absolute Gasteiger partial charge is 0.00489 e. The molecule has 0 spiro atoms. The van der Waals surface area contributed by atoms with Crippen LogP contribution in [0.5, 0.6) is 0 Å². The summed E-state index contributed by atoms with van der Waals surface area (Å²) in [4.78, 5) is 0. The molecule has 0 amide bonds. The normalized spacial score (nSPS) is 18.0. The van der Waals surface area contributed by atoms with Crippen LogP contribution in [0.1, 0.15) is 19.3 Å². The summed E-state index contributed by atoms with van der Waals surface area (Å²) in [6.45, 7) is 2.50. The van der Waals surface area contributed by atoms with Crippen LogP contribution in [-0.4, -0.2) is 18.6 Å². The molecule has 52 valence electrons. The fourth-order valence-corrected chi connectivity index (χ4v) is 0.802. The highest BCUT2D eigenvalue weighted by Crippen LogP contribution is 1.96. The summed E-state index contributed by atoms with van der Waals surface area (Å²) in [5.74, 6) is 0. The Balaban J connectivity index is 0. The van der Waals surface area contributed by atoms with Gasteiger partial charge in [-0.05, 0) is 25.9 Å². The molecule has 0 unspecified atom stereocenters. The van der Waals surface area contributed by atoms with Crippen molar-refractivity contribution in [3.63, 3.8) is 0 Å². The molecular formula is C5H16N2O. The Hall–Kier alpha value is -0.120. The Morgan fingerprint density at radius 1 is 0.875 bits per heavy atom. The summed E-state index contributed by atoms with van der Waals surface area (Å²) >= 11 is 0. The summed E-state index contributed by atoms with van der Waals surface area (Å²) < 4.78 is 0. The zero-order valence-corrected chi connectivity index (χ0v) is 5.24. The van der Waals surface area contributed by atoms with Crippen molar-refractivity contribution in [2.24, 2.45) is 0 Å². The third-order valence-electron chi connectivity index (χ3n) is 1.21. The Labute approximate surface area is 50.4 Å². The van der Waals surface area contributed by atoms with Crippen LogP contribution in [-0.2, 0) is 0 Å². The lowest BCUT2D eigenvalue weighted by Crippen LogP contribution is -2.21. The summed E-state index contributed by atoms with van der Waals surface area (Å²) in [6, 6.07) is 0. The summed E-state index contributed by atoms with van der Waals surface area (Å²) in [7, 11) is 0. The minimum atomic E-state index is 0. The molecule has 1 rings (SSSR count). The first-order chi connectivity index (χ1) is 3.00. The van der Waals surface area contributed by atoms with Crippen LogP contribution in [0.3, 0.4) is 0 Å². The maximum Gasteiger partial charge on any atom is -0.00489 e. The molecule has 0 aliphatic carbocycles. The lowest BCUT2D eigenvalue weighted by Gasteiger charge is -2.08. The Bertz CT molecular complexity index is 25.9. The van der Waals surface area contributed by atoms with Crippen LogP contribution >= 0.6 is 0 Å². The highest BCUT2D eigenvalue weighted by Gasteiger charge is 1.93. The van der Waals surface area contributed by atoms with Crippen LogP contribution in [0.15, 0.2) is 0 Å². The standard InChI is InChI=1S/C5H11N.H3N.H2O/c1-2-4-6-5-3-1;;/h6H,1-5H2;1H3;1H2. The molecule has 3 heteroatoms. The van der Waals surface area contributed by atoms with E-state index in [-0.39, 0.29) is 11.6 Å². The van der Waals surface area contributed by atoms with E-state index in [1.807, 2.05) is 0 Å². The lowest BCUT2D eigenvalue weighted by atomic mass is 10.2. The van der Waals surface area contributed by atoms with Gasteiger partial charge in [0.15, 0.2) is 0 Å². The Morgan fingerprint density at radius 2 is 1.38 bits per heavy atom. The Kier molecular flexibility index (Phi) is 9.28. The monoisotopic (exact) mass is 120 g/mol. The van der Waals surface area contributed by atoms with Crippen molar-refractivity contribution in [1.82, 2.24) is 11.5 Å². The topological polar surface area (TPSA) is 78.5 Å². The molecule has 0 aromatic carbocycles. The van der Waals surface area contributed by atoms with Crippen molar-refractivity contribution in [2.45, 2.75) is 19.3 Å². The van der Waals surface area contributed by atoms with Gasteiger partial charge in [-0.1, -0.05) is 6.42 Å². The summed E-state index contributed by atoms with van der Waals surface area (Å²) in [5, 5.41) is 3.28. The van der Waals surface area contributed by atoms with Gasteiger partial charge in [0, 0.05) is 0 Å². The van der Waals surface area contributed by atoms with Gasteiger partial charge < -0.3 is 16.9 Å². The van der Waals surface area contributed by atoms with E-state index >= 15 is 0 Å². The van der Waals surface area contributed by atoms with Crippen LogP contribution < -0.4 is 11.5 Å². The number of rotatable bonds is 0. The average Bonchev–Trinajstić information content (AvgIpc) is 1.72. The molecule has 1 aliphatic heterocycles. The zero-order valence-electron chi connectivity index (χ0n) is 5.24. The molecule has 1 fully saturated rings. The van der Waals surface area contributed by atoms with Crippen molar-refractivity contribution < 1.29 is 5.48 Å². The molecule has 1 saturated heterocycles. The molecule has 0 radical (unpaired) electrons. The van der Waals surface area contributed by atoms with Gasteiger partial charge in [-0.15, -0.1) is 0 Å². The van der Waals surface area contributed by atoms with Gasteiger partial charge in [-0.25, -0.2) is 0 Å². The zero-order chi connectivity index (χ0) is 4.24. The molecule has 0 aromatic rings. The largest absolute Gasteiger partial charge is 0.412 e.